The number of carbonyl (C=O) groups excluding carboxylic acids is 1. The summed E-state index contributed by atoms with van der Waals surface area (Å²) < 4.78 is 4.76. The minimum atomic E-state index is -0.719. The van der Waals surface area contributed by atoms with Crippen molar-refractivity contribution in [3.05, 3.63) is 35.9 Å². The molecule has 1 atom stereocenters. The molecule has 0 saturated heterocycles. The number of hydrogen-bond donors (Lipinski definition) is 2. The van der Waals surface area contributed by atoms with Crippen molar-refractivity contribution in [3.8, 4) is 0 Å². The van der Waals surface area contributed by atoms with Crippen molar-refractivity contribution in [2.24, 2.45) is 5.73 Å². The molecule has 1 aromatic rings. The molecular formula is C11H16N2O3. The maximum atomic E-state index is 11.5. The molecule has 1 amide bonds. The maximum Gasteiger partial charge on any atom is 0.265 e. The van der Waals surface area contributed by atoms with Crippen molar-refractivity contribution in [2.75, 3.05) is 20.3 Å². The molecule has 0 unspecified atom stereocenters. The third kappa shape index (κ3) is 3.98. The zero-order valence-electron chi connectivity index (χ0n) is 9.18. The predicted octanol–water partition coefficient (Wildman–Crippen LogP) is 0.381. The van der Waals surface area contributed by atoms with Crippen molar-refractivity contribution in [1.82, 2.24) is 5.48 Å². The molecule has 1 aromatic carbocycles. The second-order valence-corrected chi connectivity index (χ2v) is 3.20. The van der Waals surface area contributed by atoms with Crippen molar-refractivity contribution >= 4 is 5.91 Å². The van der Waals surface area contributed by atoms with E-state index >= 15 is 0 Å². The Morgan fingerprint density at radius 2 is 2.06 bits per heavy atom. The van der Waals surface area contributed by atoms with Gasteiger partial charge in [0.05, 0.1) is 13.2 Å². The highest BCUT2D eigenvalue weighted by Gasteiger charge is 2.14. The van der Waals surface area contributed by atoms with Crippen LogP contribution >= 0.6 is 0 Å². The lowest BCUT2D eigenvalue weighted by atomic mass is 10.1. The summed E-state index contributed by atoms with van der Waals surface area (Å²) in [5.74, 6) is -0.373. The number of rotatable bonds is 6. The predicted molar refractivity (Wildman–Crippen MR) is 59.3 cm³/mol. The molecule has 5 nitrogen and oxygen atoms in total. The van der Waals surface area contributed by atoms with Gasteiger partial charge < -0.3 is 10.5 Å². The molecule has 5 heteroatoms. The SMILES string of the molecule is COCCONC(=O)[C@H](N)c1ccccc1. The first-order chi connectivity index (χ1) is 7.75. The maximum absolute atomic E-state index is 11.5. The first-order valence-corrected chi connectivity index (χ1v) is 4.97. The van der Waals surface area contributed by atoms with Gasteiger partial charge in [-0.2, -0.15) is 0 Å². The van der Waals surface area contributed by atoms with Crippen LogP contribution in [0.1, 0.15) is 11.6 Å². The first kappa shape index (κ1) is 12.6. The summed E-state index contributed by atoms with van der Waals surface area (Å²) in [6.45, 7) is 0.713. The molecule has 0 aromatic heterocycles. The van der Waals surface area contributed by atoms with Gasteiger partial charge in [-0.25, -0.2) is 5.48 Å². The highest BCUT2D eigenvalue weighted by atomic mass is 16.7. The largest absolute Gasteiger partial charge is 0.382 e. The van der Waals surface area contributed by atoms with Crippen LogP contribution in [-0.4, -0.2) is 26.2 Å². The zero-order chi connectivity index (χ0) is 11.8. The molecular weight excluding hydrogens is 208 g/mol. The van der Waals surface area contributed by atoms with E-state index < -0.39 is 6.04 Å². The Balaban J connectivity index is 2.37. The summed E-state index contributed by atoms with van der Waals surface area (Å²) >= 11 is 0. The number of ether oxygens (including phenoxy) is 1. The Hall–Kier alpha value is -1.43. The number of hydrogen-bond acceptors (Lipinski definition) is 4. The Kier molecular flexibility index (Phi) is 5.49. The van der Waals surface area contributed by atoms with E-state index in [0.29, 0.717) is 13.2 Å². The van der Waals surface area contributed by atoms with Gasteiger partial charge in [0.15, 0.2) is 0 Å². The van der Waals surface area contributed by atoms with E-state index in [1.807, 2.05) is 18.2 Å². The highest BCUT2D eigenvalue weighted by Crippen LogP contribution is 2.08. The van der Waals surface area contributed by atoms with Crippen LogP contribution in [0, 0.1) is 0 Å². The minimum Gasteiger partial charge on any atom is -0.382 e. The second kappa shape index (κ2) is 6.95. The van der Waals surface area contributed by atoms with E-state index in [-0.39, 0.29) is 5.91 Å². The molecule has 0 fully saturated rings. The van der Waals surface area contributed by atoms with Crippen LogP contribution in [-0.2, 0) is 14.4 Å². The highest BCUT2D eigenvalue weighted by molar-refractivity contribution is 5.81. The van der Waals surface area contributed by atoms with E-state index in [1.54, 1.807) is 19.2 Å². The van der Waals surface area contributed by atoms with Crippen LogP contribution in [0.4, 0.5) is 0 Å². The van der Waals surface area contributed by atoms with Gasteiger partial charge >= 0.3 is 0 Å². The van der Waals surface area contributed by atoms with E-state index in [4.69, 9.17) is 15.3 Å². The summed E-state index contributed by atoms with van der Waals surface area (Å²) in [4.78, 5) is 16.4. The minimum absolute atomic E-state index is 0.295. The van der Waals surface area contributed by atoms with Gasteiger partial charge in [0.25, 0.3) is 5.91 Å². The summed E-state index contributed by atoms with van der Waals surface area (Å²) in [5.41, 5.74) is 8.75. The third-order valence-electron chi connectivity index (χ3n) is 2.00. The van der Waals surface area contributed by atoms with Crippen LogP contribution in [0.3, 0.4) is 0 Å². The summed E-state index contributed by atoms with van der Waals surface area (Å²) in [7, 11) is 1.56. The van der Waals surface area contributed by atoms with Crippen LogP contribution in [0.25, 0.3) is 0 Å². The number of nitrogens with two attached hydrogens (primary N) is 1. The number of nitrogens with one attached hydrogen (secondary N) is 1. The number of methoxy groups -OCH3 is 1. The Morgan fingerprint density at radius 1 is 1.38 bits per heavy atom. The van der Waals surface area contributed by atoms with Crippen molar-refractivity contribution in [3.63, 3.8) is 0 Å². The number of benzene rings is 1. The van der Waals surface area contributed by atoms with Crippen LogP contribution in [0.2, 0.25) is 0 Å². The molecule has 0 radical (unpaired) electrons. The van der Waals surface area contributed by atoms with E-state index in [2.05, 4.69) is 5.48 Å². The zero-order valence-corrected chi connectivity index (χ0v) is 9.18. The van der Waals surface area contributed by atoms with Crippen molar-refractivity contribution < 1.29 is 14.4 Å². The van der Waals surface area contributed by atoms with Crippen molar-refractivity contribution in [2.45, 2.75) is 6.04 Å². The molecule has 88 valence electrons. The first-order valence-electron chi connectivity index (χ1n) is 4.97. The van der Waals surface area contributed by atoms with Crippen molar-refractivity contribution in [1.29, 1.82) is 0 Å². The lowest BCUT2D eigenvalue weighted by molar-refractivity contribution is -0.136. The Labute approximate surface area is 94.5 Å². The van der Waals surface area contributed by atoms with Gasteiger partial charge in [0.2, 0.25) is 0 Å². The molecule has 1 rings (SSSR count). The summed E-state index contributed by atoms with van der Waals surface area (Å²) in [6, 6.07) is 8.38. The van der Waals surface area contributed by atoms with E-state index in [9.17, 15) is 4.79 Å². The lowest BCUT2D eigenvalue weighted by Gasteiger charge is -2.12. The topological polar surface area (TPSA) is 73.6 Å². The van der Waals surface area contributed by atoms with E-state index in [0.717, 1.165) is 5.56 Å². The monoisotopic (exact) mass is 224 g/mol. The van der Waals surface area contributed by atoms with Crippen LogP contribution in [0.15, 0.2) is 30.3 Å². The van der Waals surface area contributed by atoms with Gasteiger partial charge in [-0.1, -0.05) is 30.3 Å². The lowest BCUT2D eigenvalue weighted by Crippen LogP contribution is -2.34. The molecule has 16 heavy (non-hydrogen) atoms. The second-order valence-electron chi connectivity index (χ2n) is 3.20. The summed E-state index contributed by atoms with van der Waals surface area (Å²) in [6.07, 6.45) is 0. The quantitative estimate of drug-likeness (QED) is 0.541. The molecule has 3 N–H and O–H groups in total. The van der Waals surface area contributed by atoms with Gasteiger partial charge in [-0.3, -0.25) is 9.63 Å². The van der Waals surface area contributed by atoms with Gasteiger partial charge in [0.1, 0.15) is 6.04 Å². The fourth-order valence-corrected chi connectivity index (χ4v) is 1.12. The van der Waals surface area contributed by atoms with Gasteiger partial charge in [0, 0.05) is 7.11 Å². The average Bonchev–Trinajstić information content (AvgIpc) is 2.34. The molecule has 0 saturated carbocycles. The summed E-state index contributed by atoms with van der Waals surface area (Å²) in [5, 5.41) is 0. The van der Waals surface area contributed by atoms with Gasteiger partial charge in [-0.15, -0.1) is 0 Å². The number of carbonyl (C=O) groups is 1. The molecule has 0 aliphatic carbocycles. The van der Waals surface area contributed by atoms with Gasteiger partial charge in [-0.05, 0) is 5.56 Å². The smallest absolute Gasteiger partial charge is 0.265 e. The Morgan fingerprint density at radius 3 is 2.69 bits per heavy atom. The Bertz CT molecular complexity index is 316. The van der Waals surface area contributed by atoms with E-state index in [1.165, 1.54) is 0 Å². The van der Waals surface area contributed by atoms with Crippen LogP contribution < -0.4 is 11.2 Å². The fraction of sp³-hybridized carbons (Fsp3) is 0.364. The fourth-order valence-electron chi connectivity index (χ4n) is 1.12. The normalized spacial score (nSPS) is 12.1. The molecule has 0 aliphatic rings. The average molecular weight is 224 g/mol. The molecule has 0 spiro atoms. The third-order valence-corrected chi connectivity index (χ3v) is 2.00. The molecule has 0 aliphatic heterocycles. The molecule has 0 bridgehead atoms. The number of amides is 1. The van der Waals surface area contributed by atoms with Crippen LogP contribution in [0.5, 0.6) is 0 Å². The standard InChI is InChI=1S/C11H16N2O3/c1-15-7-8-16-13-11(14)10(12)9-5-3-2-4-6-9/h2-6,10H,7-8,12H2,1H3,(H,13,14)/t10-/m1/s1. The number of hydroxylamine groups is 1. The molecule has 0 heterocycles.